The van der Waals surface area contributed by atoms with Crippen LogP contribution in [0.4, 0.5) is 11.4 Å². The quantitative estimate of drug-likeness (QED) is 0.728. The highest BCUT2D eigenvalue weighted by Gasteiger charge is 2.20. The zero-order valence-electron chi connectivity index (χ0n) is 12.5. The molecule has 2 rings (SSSR count). The van der Waals surface area contributed by atoms with E-state index in [-0.39, 0.29) is 10.6 Å². The van der Waals surface area contributed by atoms with Crippen LogP contribution in [0, 0.1) is 11.8 Å². The average molecular weight is 311 g/mol. The molecule has 0 unspecified atom stereocenters. The van der Waals surface area contributed by atoms with E-state index in [4.69, 9.17) is 10.9 Å². The lowest BCUT2D eigenvalue weighted by atomic mass is 9.81. The Morgan fingerprint density at radius 2 is 1.81 bits per heavy atom. The largest absolute Gasteiger partial charge is 0.396 e. The van der Waals surface area contributed by atoms with E-state index >= 15 is 0 Å². The molecule has 5 nitrogen and oxygen atoms in total. The summed E-state index contributed by atoms with van der Waals surface area (Å²) in [4.78, 5) is -0.0119. The Morgan fingerprint density at radius 3 is 2.38 bits per heavy atom. The smallest absolute Gasteiger partial charge is 0.240 e. The average Bonchev–Trinajstić information content (AvgIpc) is 2.45. The van der Waals surface area contributed by atoms with Crippen molar-refractivity contribution >= 4 is 21.4 Å². The van der Waals surface area contributed by atoms with E-state index in [1.807, 2.05) is 0 Å². The van der Waals surface area contributed by atoms with Crippen LogP contribution in [0.2, 0.25) is 0 Å². The SMILES string of the molecule is CCC1CCC(CNc2cccc(S(N)(=O)=O)c2N)CC1. The molecule has 0 aliphatic heterocycles. The lowest BCUT2D eigenvalue weighted by molar-refractivity contribution is 0.278. The van der Waals surface area contributed by atoms with Gasteiger partial charge in [-0.1, -0.05) is 32.3 Å². The van der Waals surface area contributed by atoms with Gasteiger partial charge in [0.05, 0.1) is 11.4 Å². The highest BCUT2D eigenvalue weighted by molar-refractivity contribution is 7.89. The van der Waals surface area contributed by atoms with Crippen LogP contribution in [0.1, 0.15) is 39.0 Å². The van der Waals surface area contributed by atoms with E-state index < -0.39 is 10.0 Å². The van der Waals surface area contributed by atoms with Crippen LogP contribution in [-0.2, 0) is 10.0 Å². The van der Waals surface area contributed by atoms with Crippen molar-refractivity contribution in [3.05, 3.63) is 18.2 Å². The summed E-state index contributed by atoms with van der Waals surface area (Å²) in [7, 11) is -3.77. The molecule has 118 valence electrons. The van der Waals surface area contributed by atoms with Gasteiger partial charge in [-0.05, 0) is 36.8 Å². The molecule has 1 aromatic carbocycles. The molecule has 0 bridgehead atoms. The second kappa shape index (κ2) is 6.66. The Labute approximate surface area is 127 Å². The molecule has 1 fully saturated rings. The van der Waals surface area contributed by atoms with E-state index in [9.17, 15) is 8.42 Å². The monoisotopic (exact) mass is 311 g/mol. The van der Waals surface area contributed by atoms with Gasteiger partial charge in [-0.3, -0.25) is 0 Å². The number of primary sulfonamides is 1. The lowest BCUT2D eigenvalue weighted by Crippen LogP contribution is -2.22. The Bertz CT molecular complexity index is 579. The maximum atomic E-state index is 11.5. The van der Waals surface area contributed by atoms with Gasteiger partial charge in [-0.25, -0.2) is 13.6 Å². The number of nitrogens with one attached hydrogen (secondary N) is 1. The highest BCUT2D eigenvalue weighted by Crippen LogP contribution is 2.32. The maximum absolute atomic E-state index is 11.5. The number of hydrogen-bond acceptors (Lipinski definition) is 4. The van der Waals surface area contributed by atoms with Crippen molar-refractivity contribution in [3.8, 4) is 0 Å². The van der Waals surface area contributed by atoms with Crippen molar-refractivity contribution in [1.82, 2.24) is 0 Å². The van der Waals surface area contributed by atoms with Crippen LogP contribution in [0.5, 0.6) is 0 Å². The van der Waals surface area contributed by atoms with Crippen LogP contribution in [-0.4, -0.2) is 15.0 Å². The van der Waals surface area contributed by atoms with Crippen molar-refractivity contribution in [1.29, 1.82) is 0 Å². The number of sulfonamides is 1. The van der Waals surface area contributed by atoms with Gasteiger partial charge in [-0.15, -0.1) is 0 Å². The topological polar surface area (TPSA) is 98.2 Å². The van der Waals surface area contributed by atoms with E-state index in [1.165, 1.54) is 38.2 Å². The Kier molecular flexibility index (Phi) is 5.11. The molecule has 1 aromatic rings. The predicted molar refractivity (Wildman–Crippen MR) is 86.5 cm³/mol. The number of rotatable bonds is 5. The third kappa shape index (κ3) is 4.11. The van der Waals surface area contributed by atoms with E-state index in [0.717, 1.165) is 12.5 Å². The number of anilines is 2. The predicted octanol–water partition coefficient (Wildman–Crippen LogP) is 2.54. The molecule has 0 radical (unpaired) electrons. The van der Waals surface area contributed by atoms with Gasteiger partial charge in [-0.2, -0.15) is 0 Å². The molecule has 21 heavy (non-hydrogen) atoms. The summed E-state index contributed by atoms with van der Waals surface area (Å²) in [5, 5.41) is 8.44. The number of nitrogen functional groups attached to an aromatic ring is 1. The van der Waals surface area contributed by atoms with E-state index in [0.29, 0.717) is 11.6 Å². The molecular formula is C15H25N3O2S. The fourth-order valence-electron chi connectivity index (χ4n) is 3.04. The van der Waals surface area contributed by atoms with Crippen molar-refractivity contribution in [3.63, 3.8) is 0 Å². The molecule has 1 aliphatic carbocycles. The maximum Gasteiger partial charge on any atom is 0.240 e. The Hall–Kier alpha value is -1.27. The Balaban J connectivity index is 1.98. The summed E-state index contributed by atoms with van der Waals surface area (Å²) >= 11 is 0. The molecule has 1 saturated carbocycles. The van der Waals surface area contributed by atoms with Crippen LogP contribution in [0.15, 0.2) is 23.1 Å². The fourth-order valence-corrected chi connectivity index (χ4v) is 3.73. The molecule has 0 aromatic heterocycles. The Morgan fingerprint density at radius 1 is 1.19 bits per heavy atom. The van der Waals surface area contributed by atoms with Gasteiger partial charge in [0.1, 0.15) is 4.90 Å². The van der Waals surface area contributed by atoms with Gasteiger partial charge in [0.25, 0.3) is 0 Å². The van der Waals surface area contributed by atoms with Crippen molar-refractivity contribution < 1.29 is 8.42 Å². The number of para-hydroxylation sites is 1. The van der Waals surface area contributed by atoms with Crippen LogP contribution >= 0.6 is 0 Å². The van der Waals surface area contributed by atoms with Crippen LogP contribution in [0.25, 0.3) is 0 Å². The second-order valence-corrected chi connectivity index (χ2v) is 7.47. The van der Waals surface area contributed by atoms with Crippen LogP contribution < -0.4 is 16.2 Å². The molecule has 0 spiro atoms. The molecule has 0 amide bonds. The standard InChI is InChI=1S/C15H25N3O2S/c1-2-11-6-8-12(9-7-11)10-18-13-4-3-5-14(15(13)16)21(17,19)20/h3-5,11-12,18H,2,6-10,16H2,1H3,(H2,17,19,20). The van der Waals surface area contributed by atoms with Crippen molar-refractivity contribution in [2.45, 2.75) is 43.9 Å². The summed E-state index contributed by atoms with van der Waals surface area (Å²) in [6.07, 6.45) is 6.29. The highest BCUT2D eigenvalue weighted by atomic mass is 32.2. The molecule has 5 N–H and O–H groups in total. The first-order chi connectivity index (χ1) is 9.91. The molecule has 0 saturated heterocycles. The molecular weight excluding hydrogens is 286 g/mol. The zero-order valence-corrected chi connectivity index (χ0v) is 13.3. The summed E-state index contributed by atoms with van der Waals surface area (Å²) in [6.45, 7) is 3.08. The third-order valence-electron chi connectivity index (χ3n) is 4.50. The van der Waals surface area contributed by atoms with Crippen molar-refractivity contribution in [2.24, 2.45) is 17.0 Å². The molecule has 1 aliphatic rings. The molecule has 0 heterocycles. The lowest BCUT2D eigenvalue weighted by Gasteiger charge is -2.28. The number of nitrogens with two attached hydrogens (primary N) is 2. The van der Waals surface area contributed by atoms with E-state index in [2.05, 4.69) is 12.2 Å². The molecule has 6 heteroatoms. The minimum atomic E-state index is -3.77. The fraction of sp³-hybridized carbons (Fsp3) is 0.600. The minimum absolute atomic E-state index is 0.0119. The van der Waals surface area contributed by atoms with Gasteiger partial charge < -0.3 is 11.1 Å². The zero-order chi connectivity index (χ0) is 15.5. The van der Waals surface area contributed by atoms with Gasteiger partial charge in [0.15, 0.2) is 0 Å². The molecule has 0 atom stereocenters. The normalized spacial score (nSPS) is 23.0. The summed E-state index contributed by atoms with van der Waals surface area (Å²) < 4.78 is 22.9. The van der Waals surface area contributed by atoms with E-state index in [1.54, 1.807) is 12.1 Å². The first kappa shape index (κ1) is 16.1. The van der Waals surface area contributed by atoms with Crippen LogP contribution in [0.3, 0.4) is 0 Å². The van der Waals surface area contributed by atoms with Gasteiger partial charge in [0.2, 0.25) is 10.0 Å². The number of benzene rings is 1. The third-order valence-corrected chi connectivity index (χ3v) is 5.47. The number of hydrogen-bond donors (Lipinski definition) is 3. The summed E-state index contributed by atoms with van der Waals surface area (Å²) in [5.41, 5.74) is 6.77. The minimum Gasteiger partial charge on any atom is -0.396 e. The van der Waals surface area contributed by atoms with Gasteiger partial charge >= 0.3 is 0 Å². The van der Waals surface area contributed by atoms with Crippen molar-refractivity contribution in [2.75, 3.05) is 17.6 Å². The van der Waals surface area contributed by atoms with Gasteiger partial charge in [0, 0.05) is 6.54 Å². The first-order valence-corrected chi connectivity index (χ1v) is 9.11. The second-order valence-electron chi connectivity index (χ2n) is 5.94. The summed E-state index contributed by atoms with van der Waals surface area (Å²) in [6, 6.07) is 4.89. The summed E-state index contributed by atoms with van der Waals surface area (Å²) in [5.74, 6) is 1.50. The first-order valence-electron chi connectivity index (χ1n) is 7.57.